The largest absolute Gasteiger partial charge is 1.00 e. The summed E-state index contributed by atoms with van der Waals surface area (Å²) in [6, 6.07) is 0. The van der Waals surface area contributed by atoms with E-state index in [1.54, 1.807) is 0 Å². The molecule has 0 saturated carbocycles. The van der Waals surface area contributed by atoms with Gasteiger partial charge in [-0.05, 0) is 0 Å². The molecule has 0 fully saturated rings. The van der Waals surface area contributed by atoms with Gasteiger partial charge in [0.15, 0.2) is 5.82 Å². The molecule has 0 radical (unpaired) electrons. The van der Waals surface area contributed by atoms with E-state index in [-0.39, 0.29) is 17.0 Å². The van der Waals surface area contributed by atoms with Crippen molar-refractivity contribution >= 4 is 0 Å². The minimum Gasteiger partial charge on any atom is -1.00 e. The Morgan fingerprint density at radius 2 is 1.46 bits per heavy atom. The van der Waals surface area contributed by atoms with Crippen molar-refractivity contribution in [1.82, 2.24) is 9.80 Å². The highest BCUT2D eigenvalue weighted by atomic mass is 79.9. The average Bonchev–Trinajstić information content (AvgIpc) is 1.98. The monoisotopic (exact) mass is 251 g/mol. The second-order valence-electron chi connectivity index (χ2n) is 3.28. The van der Waals surface area contributed by atoms with Crippen molar-refractivity contribution in [2.75, 3.05) is 35.2 Å². The number of nitrogens with zero attached hydrogens (tertiary/aromatic N) is 2. The number of nitrogens with two attached hydrogens (primary N) is 1. The molecule has 0 aliphatic carbocycles. The van der Waals surface area contributed by atoms with Crippen LogP contribution in [-0.4, -0.2) is 45.0 Å². The first-order valence-corrected chi connectivity index (χ1v) is 4.41. The molecule has 0 rings (SSSR count). The molecule has 0 unspecified atom stereocenters. The van der Waals surface area contributed by atoms with Crippen LogP contribution in [0.4, 0.5) is 0 Å². The van der Waals surface area contributed by atoms with Crippen LogP contribution in [0.5, 0.6) is 0 Å². The van der Waals surface area contributed by atoms with Crippen LogP contribution >= 0.6 is 0 Å². The smallest absolute Gasteiger partial charge is 0.161 e. The van der Waals surface area contributed by atoms with Gasteiger partial charge < -0.3 is 32.1 Å². The predicted molar refractivity (Wildman–Crippen MR) is 52.5 cm³/mol. The molecule has 0 spiro atoms. The van der Waals surface area contributed by atoms with Crippen molar-refractivity contribution in [3.05, 3.63) is 11.5 Å². The maximum atomic E-state index is 2.18. The lowest BCUT2D eigenvalue weighted by atomic mass is 10.3. The van der Waals surface area contributed by atoms with Gasteiger partial charge >= 0.3 is 0 Å². The molecule has 13 heavy (non-hydrogen) atoms. The van der Waals surface area contributed by atoms with Gasteiger partial charge in [-0.3, -0.25) is 0 Å². The first kappa shape index (κ1) is 15.3. The first-order chi connectivity index (χ1) is 5.54. The summed E-state index contributed by atoms with van der Waals surface area (Å²) in [6.45, 7) is 2.18. The van der Waals surface area contributed by atoms with Crippen LogP contribution in [0.2, 0.25) is 0 Å². The van der Waals surface area contributed by atoms with Gasteiger partial charge in [-0.25, -0.2) is 0 Å². The van der Waals surface area contributed by atoms with Gasteiger partial charge in [0.05, 0.1) is 7.05 Å². The molecule has 0 aromatic carbocycles. The van der Waals surface area contributed by atoms with E-state index in [0.717, 1.165) is 6.42 Å². The molecular weight excluding hydrogens is 230 g/mol. The summed E-state index contributed by atoms with van der Waals surface area (Å²) < 4.78 is 0. The van der Waals surface area contributed by atoms with E-state index in [1.807, 2.05) is 0 Å². The fraction of sp³-hybridized carbons (Fsp3) is 0.778. The van der Waals surface area contributed by atoms with Gasteiger partial charge in [-0.2, -0.15) is 0 Å². The zero-order chi connectivity index (χ0) is 9.72. The SMILES string of the molecule is CCC([NH2+]C)=C(N(C)C)N(C)C.[Br-]. The zero-order valence-corrected chi connectivity index (χ0v) is 11.1. The van der Waals surface area contributed by atoms with Crippen molar-refractivity contribution < 1.29 is 22.3 Å². The third kappa shape index (κ3) is 4.52. The standard InChI is InChI=1S/C9H21N3.BrH/c1-7-8(10-2)9(11(3)4)12(5)6;/h10H,7H2,1-6H3;1H. The fourth-order valence-electron chi connectivity index (χ4n) is 1.47. The summed E-state index contributed by atoms with van der Waals surface area (Å²) in [5.74, 6) is 1.29. The summed E-state index contributed by atoms with van der Waals surface area (Å²) in [4.78, 5) is 4.30. The number of hydrogen-bond acceptors (Lipinski definition) is 2. The maximum Gasteiger partial charge on any atom is 0.161 e. The maximum absolute atomic E-state index is 2.18. The van der Waals surface area contributed by atoms with Crippen molar-refractivity contribution in [1.29, 1.82) is 0 Å². The Balaban J connectivity index is 0. The van der Waals surface area contributed by atoms with E-state index in [9.17, 15) is 0 Å². The van der Waals surface area contributed by atoms with Gasteiger partial charge in [0.25, 0.3) is 0 Å². The van der Waals surface area contributed by atoms with Crippen LogP contribution in [0.1, 0.15) is 13.3 Å². The highest BCUT2D eigenvalue weighted by Gasteiger charge is 2.11. The Hall–Kier alpha value is -0.220. The Morgan fingerprint density at radius 1 is 1.08 bits per heavy atom. The molecule has 2 N–H and O–H groups in total. The molecule has 0 aliphatic rings. The van der Waals surface area contributed by atoms with E-state index >= 15 is 0 Å². The van der Waals surface area contributed by atoms with Gasteiger partial charge in [-0.1, -0.05) is 6.92 Å². The summed E-state index contributed by atoms with van der Waals surface area (Å²) in [5, 5.41) is 2.18. The predicted octanol–water partition coefficient (Wildman–Crippen LogP) is -3.11. The molecule has 0 aromatic rings. The lowest BCUT2D eigenvalue weighted by Gasteiger charge is -2.25. The van der Waals surface area contributed by atoms with Gasteiger partial charge in [-0.15, -0.1) is 0 Å². The van der Waals surface area contributed by atoms with Gasteiger partial charge in [0.1, 0.15) is 5.70 Å². The molecule has 0 amide bonds. The lowest BCUT2D eigenvalue weighted by Crippen LogP contribution is -3.00. The summed E-state index contributed by atoms with van der Waals surface area (Å²) in [6.07, 6.45) is 1.09. The number of allylic oxidation sites excluding steroid dienone is 1. The van der Waals surface area contributed by atoms with Crippen molar-refractivity contribution in [2.24, 2.45) is 0 Å². The highest BCUT2D eigenvalue weighted by molar-refractivity contribution is 5.01. The number of hydrogen-bond donors (Lipinski definition) is 1. The van der Waals surface area contributed by atoms with Crippen LogP contribution in [0.15, 0.2) is 11.5 Å². The van der Waals surface area contributed by atoms with Crippen LogP contribution in [-0.2, 0) is 0 Å². The van der Waals surface area contributed by atoms with E-state index in [1.165, 1.54) is 11.5 Å². The van der Waals surface area contributed by atoms with Crippen LogP contribution in [0.25, 0.3) is 0 Å². The van der Waals surface area contributed by atoms with E-state index < -0.39 is 0 Å². The van der Waals surface area contributed by atoms with Crippen molar-refractivity contribution in [3.8, 4) is 0 Å². The highest BCUT2D eigenvalue weighted by Crippen LogP contribution is 2.06. The van der Waals surface area contributed by atoms with Gasteiger partial charge in [0, 0.05) is 34.6 Å². The minimum absolute atomic E-state index is 0. The van der Waals surface area contributed by atoms with E-state index in [4.69, 9.17) is 0 Å². The topological polar surface area (TPSA) is 23.1 Å². The Morgan fingerprint density at radius 3 is 1.54 bits per heavy atom. The molecule has 0 bridgehead atoms. The van der Waals surface area contributed by atoms with Gasteiger partial charge in [0.2, 0.25) is 0 Å². The van der Waals surface area contributed by atoms with Crippen LogP contribution < -0.4 is 22.3 Å². The Labute approximate surface area is 92.6 Å². The third-order valence-electron chi connectivity index (χ3n) is 1.86. The molecule has 0 atom stereocenters. The zero-order valence-electron chi connectivity index (χ0n) is 9.56. The molecule has 0 aliphatic heterocycles. The average molecular weight is 252 g/mol. The second-order valence-corrected chi connectivity index (χ2v) is 3.28. The normalized spacial score (nSPS) is 8.77. The molecule has 0 aromatic heterocycles. The summed E-state index contributed by atoms with van der Waals surface area (Å²) in [7, 11) is 10.4. The van der Waals surface area contributed by atoms with Crippen molar-refractivity contribution in [3.63, 3.8) is 0 Å². The van der Waals surface area contributed by atoms with E-state index in [0.29, 0.717) is 0 Å². The summed E-state index contributed by atoms with van der Waals surface area (Å²) >= 11 is 0. The quantitative estimate of drug-likeness (QED) is 0.572. The van der Waals surface area contributed by atoms with Crippen LogP contribution in [0.3, 0.4) is 0 Å². The summed E-state index contributed by atoms with van der Waals surface area (Å²) in [5.41, 5.74) is 1.39. The number of rotatable bonds is 4. The molecular formula is C9H22BrN3. The van der Waals surface area contributed by atoms with Crippen molar-refractivity contribution in [2.45, 2.75) is 13.3 Å². The molecule has 80 valence electrons. The lowest BCUT2D eigenvalue weighted by molar-refractivity contribution is -0.580. The molecule has 0 saturated heterocycles. The minimum atomic E-state index is 0. The van der Waals surface area contributed by atoms with Crippen LogP contribution in [0, 0.1) is 0 Å². The Bertz CT molecular complexity index is 148. The number of quaternary nitrogens is 1. The molecule has 0 heterocycles. The first-order valence-electron chi connectivity index (χ1n) is 4.41. The third-order valence-corrected chi connectivity index (χ3v) is 1.86. The molecule has 4 heteroatoms. The second kappa shape index (κ2) is 7.21. The number of halogens is 1. The Kier molecular flexibility index (Phi) is 8.46. The van der Waals surface area contributed by atoms with E-state index in [2.05, 4.69) is 57.3 Å². The fourth-order valence-corrected chi connectivity index (χ4v) is 1.47. The molecule has 3 nitrogen and oxygen atoms in total.